The van der Waals surface area contributed by atoms with E-state index in [0.717, 1.165) is 19.6 Å². The molecule has 108 valence electrons. The standard InChI is InChI=1S/C15H28N4/c1-4-18(12-15-8-6-7-9-16-15)13(3)14-10-17-19(5-2)11-14/h10-11,13,15-16H,4-9,12H2,1-3H3. The topological polar surface area (TPSA) is 33.1 Å². The molecule has 4 nitrogen and oxygen atoms in total. The maximum Gasteiger partial charge on any atom is 0.0537 e. The Bertz CT molecular complexity index is 368. The van der Waals surface area contributed by atoms with Crippen LogP contribution in [0.25, 0.3) is 0 Å². The zero-order chi connectivity index (χ0) is 13.7. The van der Waals surface area contributed by atoms with E-state index >= 15 is 0 Å². The highest BCUT2D eigenvalue weighted by Gasteiger charge is 2.21. The summed E-state index contributed by atoms with van der Waals surface area (Å²) in [6.07, 6.45) is 8.23. The second-order valence-electron chi connectivity index (χ2n) is 5.54. The molecular formula is C15H28N4. The van der Waals surface area contributed by atoms with Crippen LogP contribution in [0.3, 0.4) is 0 Å². The fraction of sp³-hybridized carbons (Fsp3) is 0.800. The highest BCUT2D eigenvalue weighted by atomic mass is 15.3. The molecule has 1 fully saturated rings. The van der Waals surface area contributed by atoms with Gasteiger partial charge in [-0.3, -0.25) is 9.58 Å². The zero-order valence-corrected chi connectivity index (χ0v) is 12.6. The summed E-state index contributed by atoms with van der Waals surface area (Å²) in [5.41, 5.74) is 1.33. The van der Waals surface area contributed by atoms with Gasteiger partial charge in [-0.05, 0) is 39.8 Å². The minimum Gasteiger partial charge on any atom is -0.313 e. The van der Waals surface area contributed by atoms with Crippen molar-refractivity contribution < 1.29 is 0 Å². The normalized spacial score (nSPS) is 21.8. The fourth-order valence-electron chi connectivity index (χ4n) is 2.90. The van der Waals surface area contributed by atoms with Crippen LogP contribution in [0.15, 0.2) is 12.4 Å². The predicted octanol–water partition coefficient (Wildman–Crippen LogP) is 2.43. The summed E-state index contributed by atoms with van der Waals surface area (Å²) in [5.74, 6) is 0. The monoisotopic (exact) mass is 264 g/mol. The van der Waals surface area contributed by atoms with Crippen molar-refractivity contribution in [3.05, 3.63) is 18.0 Å². The number of aryl methyl sites for hydroxylation is 1. The summed E-state index contributed by atoms with van der Waals surface area (Å²) < 4.78 is 2.01. The van der Waals surface area contributed by atoms with Crippen LogP contribution in [-0.4, -0.2) is 40.4 Å². The molecule has 0 aliphatic carbocycles. The van der Waals surface area contributed by atoms with Crippen LogP contribution in [0.5, 0.6) is 0 Å². The van der Waals surface area contributed by atoms with Gasteiger partial charge in [-0.2, -0.15) is 5.10 Å². The van der Waals surface area contributed by atoms with Crippen molar-refractivity contribution in [3.63, 3.8) is 0 Å². The van der Waals surface area contributed by atoms with E-state index in [4.69, 9.17) is 0 Å². The van der Waals surface area contributed by atoms with Gasteiger partial charge in [-0.25, -0.2) is 0 Å². The lowest BCUT2D eigenvalue weighted by atomic mass is 10.0. The Hall–Kier alpha value is -0.870. The Labute approximate surface area is 117 Å². The lowest BCUT2D eigenvalue weighted by Crippen LogP contribution is -2.44. The van der Waals surface area contributed by atoms with Gasteiger partial charge in [0.1, 0.15) is 0 Å². The highest BCUT2D eigenvalue weighted by molar-refractivity contribution is 5.09. The second kappa shape index (κ2) is 7.06. The number of piperidine rings is 1. The molecule has 0 radical (unpaired) electrons. The number of nitrogens with one attached hydrogen (secondary N) is 1. The Balaban J connectivity index is 1.95. The number of hydrogen-bond acceptors (Lipinski definition) is 3. The lowest BCUT2D eigenvalue weighted by molar-refractivity contribution is 0.184. The van der Waals surface area contributed by atoms with Gasteiger partial charge in [0.2, 0.25) is 0 Å². The first-order valence-electron chi connectivity index (χ1n) is 7.74. The van der Waals surface area contributed by atoms with Crippen LogP contribution in [0, 0.1) is 0 Å². The number of hydrogen-bond donors (Lipinski definition) is 1. The quantitative estimate of drug-likeness (QED) is 0.856. The van der Waals surface area contributed by atoms with Crippen molar-refractivity contribution >= 4 is 0 Å². The SMILES string of the molecule is CCN(CC1CCCCN1)C(C)c1cnn(CC)c1. The van der Waals surface area contributed by atoms with Crippen LogP contribution in [0.2, 0.25) is 0 Å². The Morgan fingerprint density at radius 2 is 2.32 bits per heavy atom. The van der Waals surface area contributed by atoms with Gasteiger partial charge < -0.3 is 5.32 Å². The molecule has 2 atom stereocenters. The van der Waals surface area contributed by atoms with E-state index in [-0.39, 0.29) is 0 Å². The summed E-state index contributed by atoms with van der Waals surface area (Å²) in [4.78, 5) is 2.56. The Morgan fingerprint density at radius 1 is 1.47 bits per heavy atom. The molecule has 2 heterocycles. The van der Waals surface area contributed by atoms with Crippen LogP contribution in [-0.2, 0) is 6.54 Å². The molecule has 1 aliphatic rings. The third-order valence-electron chi connectivity index (χ3n) is 4.28. The van der Waals surface area contributed by atoms with E-state index in [9.17, 15) is 0 Å². The molecule has 2 rings (SSSR count). The van der Waals surface area contributed by atoms with Gasteiger partial charge >= 0.3 is 0 Å². The first-order chi connectivity index (χ1) is 9.24. The molecule has 1 aromatic rings. The van der Waals surface area contributed by atoms with E-state index in [1.807, 2.05) is 10.9 Å². The molecule has 0 bridgehead atoms. The predicted molar refractivity (Wildman–Crippen MR) is 79.2 cm³/mol. The van der Waals surface area contributed by atoms with Gasteiger partial charge in [-0.15, -0.1) is 0 Å². The molecule has 1 aliphatic heterocycles. The summed E-state index contributed by atoms with van der Waals surface area (Å²) in [6.45, 7) is 11.1. The van der Waals surface area contributed by atoms with Crippen molar-refractivity contribution in [2.24, 2.45) is 0 Å². The first kappa shape index (κ1) is 14.5. The Morgan fingerprint density at radius 3 is 2.89 bits per heavy atom. The minimum atomic E-state index is 0.453. The fourth-order valence-corrected chi connectivity index (χ4v) is 2.90. The van der Waals surface area contributed by atoms with E-state index in [1.54, 1.807) is 0 Å². The van der Waals surface area contributed by atoms with Crippen molar-refractivity contribution in [1.82, 2.24) is 20.0 Å². The Kier molecular flexibility index (Phi) is 5.40. The van der Waals surface area contributed by atoms with Crippen LogP contribution in [0.4, 0.5) is 0 Å². The number of likely N-dealkylation sites (N-methyl/N-ethyl adjacent to an activating group) is 1. The van der Waals surface area contributed by atoms with Gasteiger partial charge in [0.05, 0.1) is 6.20 Å². The maximum absolute atomic E-state index is 4.39. The average molecular weight is 264 g/mol. The van der Waals surface area contributed by atoms with Gasteiger partial charge in [0.25, 0.3) is 0 Å². The third kappa shape index (κ3) is 3.80. The molecule has 1 aromatic heterocycles. The summed E-state index contributed by atoms with van der Waals surface area (Å²) >= 11 is 0. The number of rotatable bonds is 6. The molecule has 1 N–H and O–H groups in total. The van der Waals surface area contributed by atoms with Crippen LogP contribution >= 0.6 is 0 Å². The maximum atomic E-state index is 4.39. The van der Waals surface area contributed by atoms with Crippen molar-refractivity contribution in [1.29, 1.82) is 0 Å². The molecule has 4 heteroatoms. The summed E-state index contributed by atoms with van der Waals surface area (Å²) in [7, 11) is 0. The minimum absolute atomic E-state index is 0.453. The molecule has 1 saturated heterocycles. The van der Waals surface area contributed by atoms with Gasteiger partial charge in [-0.1, -0.05) is 13.3 Å². The van der Waals surface area contributed by atoms with E-state index in [1.165, 1.54) is 31.4 Å². The van der Waals surface area contributed by atoms with Gasteiger partial charge in [0.15, 0.2) is 0 Å². The highest BCUT2D eigenvalue weighted by Crippen LogP contribution is 2.21. The number of nitrogens with zero attached hydrogens (tertiary/aromatic N) is 3. The molecule has 0 aromatic carbocycles. The third-order valence-corrected chi connectivity index (χ3v) is 4.28. The smallest absolute Gasteiger partial charge is 0.0537 e. The molecule has 0 amide bonds. The molecular weight excluding hydrogens is 236 g/mol. The van der Waals surface area contributed by atoms with E-state index < -0.39 is 0 Å². The summed E-state index contributed by atoms with van der Waals surface area (Å²) in [5, 5.41) is 8.04. The zero-order valence-electron chi connectivity index (χ0n) is 12.6. The second-order valence-corrected chi connectivity index (χ2v) is 5.54. The summed E-state index contributed by atoms with van der Waals surface area (Å²) in [6, 6.07) is 1.12. The average Bonchev–Trinajstić information content (AvgIpc) is 2.94. The molecule has 19 heavy (non-hydrogen) atoms. The number of aromatic nitrogens is 2. The molecule has 0 spiro atoms. The molecule has 0 saturated carbocycles. The van der Waals surface area contributed by atoms with E-state index in [0.29, 0.717) is 12.1 Å². The lowest BCUT2D eigenvalue weighted by Gasteiger charge is -2.33. The van der Waals surface area contributed by atoms with Crippen molar-refractivity contribution in [2.45, 2.75) is 58.7 Å². The first-order valence-corrected chi connectivity index (χ1v) is 7.74. The van der Waals surface area contributed by atoms with Crippen LogP contribution < -0.4 is 5.32 Å². The van der Waals surface area contributed by atoms with Crippen LogP contribution in [0.1, 0.15) is 51.6 Å². The van der Waals surface area contributed by atoms with E-state index in [2.05, 4.69) is 42.3 Å². The van der Waals surface area contributed by atoms with Crippen molar-refractivity contribution in [3.8, 4) is 0 Å². The van der Waals surface area contributed by atoms with Gasteiger partial charge in [0, 0.05) is 36.9 Å². The largest absolute Gasteiger partial charge is 0.313 e. The molecule has 2 unspecified atom stereocenters. The van der Waals surface area contributed by atoms with Crippen molar-refractivity contribution in [2.75, 3.05) is 19.6 Å².